The van der Waals surface area contributed by atoms with Crippen LogP contribution in [0, 0.1) is 0 Å². The van der Waals surface area contributed by atoms with Gasteiger partial charge in [-0.25, -0.2) is 0 Å². The second-order valence-electron chi connectivity index (χ2n) is 4.61. The van der Waals surface area contributed by atoms with Crippen molar-refractivity contribution in [3.05, 3.63) is 46.2 Å². The summed E-state index contributed by atoms with van der Waals surface area (Å²) in [6, 6.07) is 7.91. The van der Waals surface area contributed by atoms with E-state index in [1.165, 1.54) is 5.56 Å². The fraction of sp³-hybridized carbons (Fsp3) is 0.333. The maximum Gasteiger partial charge on any atom is 0.123 e. The Morgan fingerprint density at radius 3 is 2.84 bits per heavy atom. The van der Waals surface area contributed by atoms with Crippen molar-refractivity contribution in [1.82, 2.24) is 5.32 Å². The highest BCUT2D eigenvalue weighted by molar-refractivity contribution is 7.07. The first-order valence-corrected chi connectivity index (χ1v) is 7.23. The second kappa shape index (κ2) is 6.59. The van der Waals surface area contributed by atoms with Gasteiger partial charge in [0.05, 0.1) is 7.11 Å². The monoisotopic (exact) mass is 277 g/mol. The molecule has 0 saturated heterocycles. The molecule has 2 aromatic rings. The molecule has 0 radical (unpaired) electrons. The standard InChI is InChI=1S/C15H19NO2S/c1-11(7-12-5-6-19-10-12)16-9-13-3-4-14(18-2)8-15(13)17/h3-6,8,10-11,16-17H,7,9H2,1-2H3. The molecule has 3 nitrogen and oxygen atoms in total. The molecule has 2 rings (SSSR count). The summed E-state index contributed by atoms with van der Waals surface area (Å²) in [5.41, 5.74) is 2.24. The number of hydrogen-bond acceptors (Lipinski definition) is 4. The molecule has 1 aromatic heterocycles. The summed E-state index contributed by atoms with van der Waals surface area (Å²) in [4.78, 5) is 0. The van der Waals surface area contributed by atoms with Gasteiger partial charge in [0.25, 0.3) is 0 Å². The highest BCUT2D eigenvalue weighted by Gasteiger charge is 2.07. The topological polar surface area (TPSA) is 41.5 Å². The van der Waals surface area contributed by atoms with E-state index in [4.69, 9.17) is 4.74 Å². The van der Waals surface area contributed by atoms with E-state index in [1.54, 1.807) is 24.5 Å². The van der Waals surface area contributed by atoms with Crippen molar-refractivity contribution in [1.29, 1.82) is 0 Å². The number of thiophene rings is 1. The molecule has 2 N–H and O–H groups in total. The molecule has 0 amide bonds. The van der Waals surface area contributed by atoms with E-state index in [-0.39, 0.29) is 5.75 Å². The van der Waals surface area contributed by atoms with E-state index in [9.17, 15) is 5.11 Å². The summed E-state index contributed by atoms with van der Waals surface area (Å²) >= 11 is 1.72. The van der Waals surface area contributed by atoms with Gasteiger partial charge in [0.1, 0.15) is 11.5 Å². The van der Waals surface area contributed by atoms with E-state index in [1.807, 2.05) is 12.1 Å². The number of nitrogens with one attached hydrogen (secondary N) is 1. The zero-order valence-corrected chi connectivity index (χ0v) is 12.0. The molecular formula is C15H19NO2S. The third kappa shape index (κ3) is 3.98. The van der Waals surface area contributed by atoms with Crippen molar-refractivity contribution >= 4 is 11.3 Å². The molecule has 102 valence electrons. The molecule has 0 bridgehead atoms. The van der Waals surface area contributed by atoms with Gasteiger partial charge in [-0.05, 0) is 41.8 Å². The van der Waals surface area contributed by atoms with Crippen LogP contribution in [0.3, 0.4) is 0 Å². The smallest absolute Gasteiger partial charge is 0.123 e. The molecule has 0 aliphatic heterocycles. The Morgan fingerprint density at radius 1 is 1.37 bits per heavy atom. The van der Waals surface area contributed by atoms with Crippen LogP contribution in [0.25, 0.3) is 0 Å². The number of benzene rings is 1. The highest BCUT2D eigenvalue weighted by Crippen LogP contribution is 2.23. The number of phenolic OH excluding ortho intramolecular Hbond substituents is 1. The highest BCUT2D eigenvalue weighted by atomic mass is 32.1. The Balaban J connectivity index is 1.88. The van der Waals surface area contributed by atoms with Gasteiger partial charge in [-0.15, -0.1) is 0 Å². The van der Waals surface area contributed by atoms with Gasteiger partial charge in [0.2, 0.25) is 0 Å². The Bertz CT molecular complexity index is 511. The van der Waals surface area contributed by atoms with Crippen molar-refractivity contribution in [3.63, 3.8) is 0 Å². The lowest BCUT2D eigenvalue weighted by Gasteiger charge is -2.14. The first-order valence-electron chi connectivity index (χ1n) is 6.29. The maximum atomic E-state index is 9.87. The van der Waals surface area contributed by atoms with Crippen LogP contribution in [0.15, 0.2) is 35.0 Å². The molecule has 0 fully saturated rings. The van der Waals surface area contributed by atoms with Gasteiger partial charge in [0.15, 0.2) is 0 Å². The van der Waals surface area contributed by atoms with Crippen LogP contribution in [-0.4, -0.2) is 18.3 Å². The predicted molar refractivity (Wildman–Crippen MR) is 79.0 cm³/mol. The third-order valence-corrected chi connectivity index (χ3v) is 3.79. The Morgan fingerprint density at radius 2 is 2.21 bits per heavy atom. The lowest BCUT2D eigenvalue weighted by molar-refractivity contribution is 0.405. The van der Waals surface area contributed by atoms with Crippen LogP contribution in [0.2, 0.25) is 0 Å². The van der Waals surface area contributed by atoms with Crippen LogP contribution in [-0.2, 0) is 13.0 Å². The minimum absolute atomic E-state index is 0.273. The largest absolute Gasteiger partial charge is 0.507 e. The molecule has 1 heterocycles. The Kier molecular flexibility index (Phi) is 4.82. The quantitative estimate of drug-likeness (QED) is 0.852. The molecule has 0 aliphatic carbocycles. The van der Waals surface area contributed by atoms with Crippen LogP contribution in [0.5, 0.6) is 11.5 Å². The summed E-state index contributed by atoms with van der Waals surface area (Å²) in [5.74, 6) is 0.946. The summed E-state index contributed by atoms with van der Waals surface area (Å²) in [7, 11) is 1.59. The van der Waals surface area contributed by atoms with Gasteiger partial charge in [-0.2, -0.15) is 11.3 Å². The van der Waals surface area contributed by atoms with Crippen LogP contribution >= 0.6 is 11.3 Å². The van der Waals surface area contributed by atoms with Crippen LogP contribution < -0.4 is 10.1 Å². The molecule has 1 atom stereocenters. The van der Waals surface area contributed by atoms with Gasteiger partial charge >= 0.3 is 0 Å². The summed E-state index contributed by atoms with van der Waals surface area (Å²) < 4.78 is 5.07. The van der Waals surface area contributed by atoms with Crippen molar-refractivity contribution in [3.8, 4) is 11.5 Å². The average Bonchev–Trinajstić information content (AvgIpc) is 2.90. The third-order valence-electron chi connectivity index (χ3n) is 3.06. The fourth-order valence-electron chi connectivity index (χ4n) is 1.94. The van der Waals surface area contributed by atoms with Crippen molar-refractivity contribution in [2.24, 2.45) is 0 Å². The zero-order valence-electron chi connectivity index (χ0n) is 11.2. The maximum absolute atomic E-state index is 9.87. The molecule has 0 aliphatic rings. The van der Waals surface area contributed by atoms with Gasteiger partial charge in [-0.1, -0.05) is 6.07 Å². The normalized spacial score (nSPS) is 12.3. The number of ether oxygens (including phenoxy) is 1. The molecule has 0 spiro atoms. The van der Waals surface area contributed by atoms with Gasteiger partial charge < -0.3 is 15.2 Å². The Labute approximate surface area is 117 Å². The lowest BCUT2D eigenvalue weighted by atomic mass is 10.1. The first-order chi connectivity index (χ1) is 9.19. The fourth-order valence-corrected chi connectivity index (χ4v) is 2.62. The zero-order chi connectivity index (χ0) is 13.7. The van der Waals surface area contributed by atoms with E-state index >= 15 is 0 Å². The molecule has 1 aromatic carbocycles. The van der Waals surface area contributed by atoms with E-state index < -0.39 is 0 Å². The van der Waals surface area contributed by atoms with Crippen molar-refractivity contribution < 1.29 is 9.84 Å². The number of rotatable bonds is 6. The number of methoxy groups -OCH3 is 1. The summed E-state index contributed by atoms with van der Waals surface area (Å²) in [6.45, 7) is 2.80. The van der Waals surface area contributed by atoms with E-state index in [0.29, 0.717) is 18.3 Å². The van der Waals surface area contributed by atoms with Crippen molar-refractivity contribution in [2.75, 3.05) is 7.11 Å². The second-order valence-corrected chi connectivity index (χ2v) is 5.39. The molecule has 19 heavy (non-hydrogen) atoms. The van der Waals surface area contributed by atoms with Crippen molar-refractivity contribution in [2.45, 2.75) is 25.9 Å². The molecule has 1 unspecified atom stereocenters. The van der Waals surface area contributed by atoms with Crippen LogP contribution in [0.1, 0.15) is 18.1 Å². The molecular weight excluding hydrogens is 258 g/mol. The van der Waals surface area contributed by atoms with E-state index in [2.05, 4.69) is 29.1 Å². The minimum Gasteiger partial charge on any atom is -0.507 e. The van der Waals surface area contributed by atoms with Crippen LogP contribution in [0.4, 0.5) is 0 Å². The van der Waals surface area contributed by atoms with Gasteiger partial charge in [0, 0.05) is 24.2 Å². The lowest BCUT2D eigenvalue weighted by Crippen LogP contribution is -2.27. The number of hydrogen-bond donors (Lipinski definition) is 2. The predicted octanol–water partition coefficient (Wildman–Crippen LogP) is 3.18. The number of aromatic hydroxyl groups is 1. The summed E-state index contributed by atoms with van der Waals surface area (Å²) in [5, 5.41) is 17.6. The molecule has 0 saturated carbocycles. The Hall–Kier alpha value is -1.52. The average molecular weight is 277 g/mol. The van der Waals surface area contributed by atoms with Gasteiger partial charge in [-0.3, -0.25) is 0 Å². The minimum atomic E-state index is 0.273. The summed E-state index contributed by atoms with van der Waals surface area (Å²) in [6.07, 6.45) is 1.00. The first kappa shape index (κ1) is 13.9. The SMILES string of the molecule is COc1ccc(CNC(C)Cc2ccsc2)c(O)c1. The van der Waals surface area contributed by atoms with E-state index in [0.717, 1.165) is 12.0 Å². The molecule has 4 heteroatoms. The number of phenols is 1.